The van der Waals surface area contributed by atoms with Crippen LogP contribution >= 0.6 is 0 Å². The molecule has 0 aliphatic heterocycles. The van der Waals surface area contributed by atoms with Gasteiger partial charge in [-0.1, -0.05) is 11.2 Å². The fourth-order valence-corrected chi connectivity index (χ4v) is 3.59. The first-order valence-corrected chi connectivity index (χ1v) is 12.7. The summed E-state index contributed by atoms with van der Waals surface area (Å²) < 4.78 is 16.2. The van der Waals surface area contributed by atoms with E-state index in [1.165, 1.54) is 13.2 Å². The minimum Gasteiger partial charge on any atom is -0.494 e. The zero-order valence-corrected chi connectivity index (χ0v) is 23.2. The molecule has 17 heteroatoms. The van der Waals surface area contributed by atoms with Gasteiger partial charge >= 0.3 is 6.09 Å². The molecule has 0 bridgehead atoms. The molecule has 3 amide bonds. The van der Waals surface area contributed by atoms with Gasteiger partial charge in [0.2, 0.25) is 5.91 Å². The monoisotopic (exact) mass is 580 g/mol. The normalized spacial score (nSPS) is 13.2. The first kappa shape index (κ1) is 30.2. The van der Waals surface area contributed by atoms with Crippen LogP contribution in [0.25, 0.3) is 11.5 Å². The highest BCUT2D eigenvalue weighted by atomic mass is 16.6. The molecule has 1 aliphatic carbocycles. The van der Waals surface area contributed by atoms with E-state index >= 15 is 0 Å². The van der Waals surface area contributed by atoms with Crippen LogP contribution in [0.4, 0.5) is 22.0 Å². The summed E-state index contributed by atoms with van der Waals surface area (Å²) in [6.07, 6.45) is 0.870. The zero-order chi connectivity index (χ0) is 30.7. The number of aliphatic hydroxyl groups is 2. The molecule has 0 spiro atoms. The lowest BCUT2D eigenvalue weighted by Gasteiger charge is -2.20. The predicted molar refractivity (Wildman–Crippen MR) is 146 cm³/mol. The molecule has 2 aromatic heterocycles. The standard InChI is InChI=1S/C25H29BN8O8/c1-24(2,3)41-23(37)27-11-17-30-22(42-34-17)13-6-5-7-14(19(13)40-4)28-15-10-16(29-20(35)12-8-9-12)32-33-18(15)21(36)31-25(26,38)39/h5-7,10,12,38-39H,8-9,11H2,1-4H3,(H,27,37)(H,31,36)(H2,28,29,32,35). The van der Waals surface area contributed by atoms with Crippen LogP contribution in [0.15, 0.2) is 28.8 Å². The lowest BCUT2D eigenvalue weighted by molar-refractivity contribution is -0.117. The number of carbonyl (C=O) groups is 3. The Hall–Kier alpha value is -4.77. The van der Waals surface area contributed by atoms with Gasteiger partial charge in [-0.05, 0) is 45.7 Å². The number of para-hydroxylation sites is 1. The molecule has 4 rings (SSSR count). The molecule has 0 atom stereocenters. The van der Waals surface area contributed by atoms with E-state index in [0.717, 1.165) is 12.8 Å². The van der Waals surface area contributed by atoms with Gasteiger partial charge in [-0.2, -0.15) is 4.98 Å². The number of benzene rings is 1. The minimum atomic E-state index is -3.03. The van der Waals surface area contributed by atoms with Gasteiger partial charge in [0.15, 0.2) is 36.7 Å². The van der Waals surface area contributed by atoms with Crippen LogP contribution in [0, 0.1) is 5.92 Å². The molecule has 0 saturated heterocycles. The van der Waals surface area contributed by atoms with Gasteiger partial charge in [-0.15, -0.1) is 10.2 Å². The van der Waals surface area contributed by atoms with E-state index in [9.17, 15) is 24.6 Å². The van der Waals surface area contributed by atoms with Crippen molar-refractivity contribution in [2.45, 2.75) is 51.6 Å². The Balaban J connectivity index is 1.61. The average molecular weight is 580 g/mol. The fraction of sp³-hybridized carbons (Fsp3) is 0.400. The summed E-state index contributed by atoms with van der Waals surface area (Å²) in [7, 11) is 6.48. The number of anilines is 3. The number of hydrogen-bond acceptors (Lipinski definition) is 13. The Morgan fingerprint density at radius 2 is 1.88 bits per heavy atom. The molecule has 1 aliphatic rings. The summed E-state index contributed by atoms with van der Waals surface area (Å²) in [6, 6.07) is 6.23. The Bertz CT molecular complexity index is 1480. The number of rotatable bonds is 10. The van der Waals surface area contributed by atoms with Crippen molar-refractivity contribution in [2.75, 3.05) is 17.7 Å². The number of alkyl carbamates (subject to hydrolysis) is 1. The second-order valence-electron chi connectivity index (χ2n) is 10.3. The largest absolute Gasteiger partial charge is 0.494 e. The third-order valence-corrected chi connectivity index (χ3v) is 5.48. The maximum Gasteiger partial charge on any atom is 0.408 e. The Labute approximate surface area is 241 Å². The van der Waals surface area contributed by atoms with Crippen LogP contribution in [0.3, 0.4) is 0 Å². The second kappa shape index (κ2) is 12.0. The van der Waals surface area contributed by atoms with E-state index in [0.29, 0.717) is 11.3 Å². The van der Waals surface area contributed by atoms with Gasteiger partial charge in [0.05, 0.1) is 30.6 Å². The smallest absolute Gasteiger partial charge is 0.408 e. The highest BCUT2D eigenvalue weighted by Gasteiger charge is 2.30. The topological polar surface area (TPSA) is 223 Å². The van der Waals surface area contributed by atoms with Crippen molar-refractivity contribution in [3.63, 3.8) is 0 Å². The number of nitrogens with one attached hydrogen (secondary N) is 4. The summed E-state index contributed by atoms with van der Waals surface area (Å²) in [6.45, 7) is 5.14. The summed E-state index contributed by atoms with van der Waals surface area (Å²) in [4.78, 5) is 41.2. The molecule has 1 saturated carbocycles. The molecule has 3 aromatic rings. The van der Waals surface area contributed by atoms with Gasteiger partial charge in [-0.25, -0.2) is 4.79 Å². The molecule has 42 heavy (non-hydrogen) atoms. The average Bonchev–Trinajstić information content (AvgIpc) is 3.63. The molecule has 1 aromatic carbocycles. The van der Waals surface area contributed by atoms with Crippen molar-refractivity contribution in [2.24, 2.45) is 5.92 Å². The maximum atomic E-state index is 12.7. The van der Waals surface area contributed by atoms with Crippen LogP contribution in [0.5, 0.6) is 5.75 Å². The molecule has 2 radical (unpaired) electrons. The zero-order valence-electron chi connectivity index (χ0n) is 23.2. The van der Waals surface area contributed by atoms with Gasteiger partial charge < -0.3 is 45.5 Å². The van der Waals surface area contributed by atoms with Crippen LogP contribution < -0.4 is 26.0 Å². The SMILES string of the molecule is [B]C(O)(O)NC(=O)c1nnc(NC(=O)C2CC2)cc1Nc1cccc(-c2nc(CNC(=O)OC(C)(C)C)no2)c1OC. The Morgan fingerprint density at radius 1 is 1.14 bits per heavy atom. The van der Waals surface area contributed by atoms with Crippen LogP contribution in [-0.4, -0.2) is 74.8 Å². The molecule has 1 fully saturated rings. The number of amides is 3. The summed E-state index contributed by atoms with van der Waals surface area (Å²) in [5.41, 5.74) is -0.374. The summed E-state index contributed by atoms with van der Waals surface area (Å²) >= 11 is 0. The van der Waals surface area contributed by atoms with E-state index in [1.807, 2.05) is 0 Å². The van der Waals surface area contributed by atoms with Crippen LogP contribution in [0.2, 0.25) is 0 Å². The van der Waals surface area contributed by atoms with Crippen molar-refractivity contribution in [3.05, 3.63) is 35.8 Å². The van der Waals surface area contributed by atoms with E-state index in [4.69, 9.17) is 21.8 Å². The Kier molecular flexibility index (Phi) is 8.63. The Morgan fingerprint density at radius 3 is 2.52 bits per heavy atom. The molecule has 6 N–H and O–H groups in total. The molecule has 2 heterocycles. The van der Waals surface area contributed by atoms with Crippen molar-refractivity contribution < 1.29 is 38.6 Å². The third-order valence-electron chi connectivity index (χ3n) is 5.48. The summed E-state index contributed by atoms with van der Waals surface area (Å²) in [5, 5.41) is 40.4. The van der Waals surface area contributed by atoms with E-state index in [2.05, 4.69) is 36.3 Å². The quantitative estimate of drug-likeness (QED) is 0.146. The molecular formula is C25H29BN8O8. The van der Waals surface area contributed by atoms with Gasteiger partial charge in [-0.3, -0.25) is 9.59 Å². The van der Waals surface area contributed by atoms with Gasteiger partial charge in [0.1, 0.15) is 5.60 Å². The first-order valence-electron chi connectivity index (χ1n) is 12.7. The highest BCUT2D eigenvalue weighted by molar-refractivity contribution is 6.15. The number of carbonyl (C=O) groups excluding carboxylic acids is 3. The molecule has 220 valence electrons. The van der Waals surface area contributed by atoms with Crippen molar-refractivity contribution in [3.8, 4) is 17.2 Å². The second-order valence-corrected chi connectivity index (χ2v) is 10.3. The number of hydrogen-bond donors (Lipinski definition) is 6. The number of ether oxygens (including phenoxy) is 2. The maximum absolute atomic E-state index is 12.7. The van der Waals surface area contributed by atoms with Gasteiger partial charge in [0.25, 0.3) is 11.8 Å². The van der Waals surface area contributed by atoms with Crippen LogP contribution in [-0.2, 0) is 16.1 Å². The molecule has 16 nitrogen and oxygen atoms in total. The number of methoxy groups -OCH3 is 1. The van der Waals surface area contributed by atoms with E-state index < -0.39 is 23.4 Å². The van der Waals surface area contributed by atoms with Crippen molar-refractivity contribution in [1.82, 2.24) is 31.0 Å². The molecular weight excluding hydrogens is 551 g/mol. The molecule has 0 unspecified atom stereocenters. The lowest BCUT2D eigenvalue weighted by atomic mass is 10.0. The lowest BCUT2D eigenvalue weighted by Crippen LogP contribution is -2.49. The fourth-order valence-electron chi connectivity index (χ4n) is 3.59. The first-order chi connectivity index (χ1) is 19.7. The van der Waals surface area contributed by atoms with Crippen LogP contribution in [0.1, 0.15) is 49.9 Å². The van der Waals surface area contributed by atoms with E-state index in [1.54, 1.807) is 44.3 Å². The van der Waals surface area contributed by atoms with E-state index in [-0.39, 0.29) is 53.0 Å². The van der Waals surface area contributed by atoms with Crippen molar-refractivity contribution >= 4 is 42.9 Å². The van der Waals surface area contributed by atoms with Crippen molar-refractivity contribution in [1.29, 1.82) is 0 Å². The summed E-state index contributed by atoms with van der Waals surface area (Å²) in [5.74, 6) is -3.97. The number of nitrogens with zero attached hydrogens (tertiary/aromatic N) is 4. The number of aromatic nitrogens is 4. The predicted octanol–water partition coefficient (Wildman–Crippen LogP) is 1.15. The minimum absolute atomic E-state index is 0.0149. The van der Waals surface area contributed by atoms with Gasteiger partial charge in [0, 0.05) is 12.0 Å². The third kappa shape index (κ3) is 8.14. The highest BCUT2D eigenvalue weighted by Crippen LogP contribution is 2.38.